The Morgan fingerprint density at radius 2 is 2.20 bits per heavy atom. The summed E-state index contributed by atoms with van der Waals surface area (Å²) in [4.78, 5) is 31.8. The fourth-order valence-electron chi connectivity index (χ4n) is 1.42. The van der Waals surface area contributed by atoms with E-state index in [9.17, 15) is 19.7 Å². The van der Waals surface area contributed by atoms with Crippen molar-refractivity contribution in [2.24, 2.45) is 0 Å². The van der Waals surface area contributed by atoms with Crippen molar-refractivity contribution in [3.8, 4) is 11.5 Å². The van der Waals surface area contributed by atoms with Gasteiger partial charge in [-0.25, -0.2) is 4.79 Å². The molecule has 0 radical (unpaired) electrons. The van der Waals surface area contributed by atoms with Gasteiger partial charge < -0.3 is 14.6 Å². The molecule has 1 atom stereocenters. The molecule has 0 saturated carbocycles. The largest absolute Gasteiger partial charge is 0.490 e. The van der Waals surface area contributed by atoms with E-state index in [-0.39, 0.29) is 23.7 Å². The molecule has 0 bridgehead atoms. The van der Waals surface area contributed by atoms with E-state index in [1.165, 1.54) is 13.0 Å². The van der Waals surface area contributed by atoms with Crippen LogP contribution in [-0.2, 0) is 4.79 Å². The highest BCUT2D eigenvalue weighted by molar-refractivity contribution is 5.80. The Bertz CT molecular complexity index is 541. The number of nitrogens with zero attached hydrogens (tertiary/aromatic N) is 1. The maximum absolute atomic E-state index is 11.0. The normalized spacial score (nSPS) is 11.5. The molecule has 1 aromatic carbocycles. The molecule has 0 fully saturated rings. The second-order valence-electron chi connectivity index (χ2n) is 3.77. The summed E-state index contributed by atoms with van der Waals surface area (Å²) < 4.78 is 10.2. The Morgan fingerprint density at radius 3 is 2.65 bits per heavy atom. The lowest BCUT2D eigenvalue weighted by atomic mass is 10.2. The van der Waals surface area contributed by atoms with E-state index in [0.29, 0.717) is 6.29 Å². The van der Waals surface area contributed by atoms with E-state index >= 15 is 0 Å². The third-order valence-electron chi connectivity index (χ3n) is 2.33. The molecule has 0 aliphatic carbocycles. The molecule has 1 aromatic rings. The van der Waals surface area contributed by atoms with Crippen LogP contribution in [0.5, 0.6) is 11.5 Å². The first-order valence-corrected chi connectivity index (χ1v) is 5.70. The number of carboxylic acid groups (broad SMARTS) is 1. The smallest absolute Gasteiger partial charge is 0.344 e. The van der Waals surface area contributed by atoms with Gasteiger partial charge in [0.05, 0.1) is 11.5 Å². The van der Waals surface area contributed by atoms with E-state index in [1.807, 2.05) is 0 Å². The number of aliphatic carboxylic acids is 1. The summed E-state index contributed by atoms with van der Waals surface area (Å²) in [5.41, 5.74) is -0.485. The Balaban J connectivity index is 3.38. The van der Waals surface area contributed by atoms with E-state index in [2.05, 4.69) is 0 Å². The highest BCUT2D eigenvalue weighted by Gasteiger charge is 2.26. The van der Waals surface area contributed by atoms with Crippen LogP contribution in [0.2, 0.25) is 0 Å². The van der Waals surface area contributed by atoms with Crippen LogP contribution in [-0.4, -0.2) is 35.0 Å². The highest BCUT2D eigenvalue weighted by Crippen LogP contribution is 2.38. The number of hydrogen-bond acceptors (Lipinski definition) is 6. The third kappa shape index (κ3) is 3.44. The van der Waals surface area contributed by atoms with Crippen molar-refractivity contribution in [1.82, 2.24) is 0 Å². The predicted molar refractivity (Wildman–Crippen MR) is 67.4 cm³/mol. The summed E-state index contributed by atoms with van der Waals surface area (Å²) in [7, 11) is 0. The molecule has 0 unspecified atom stereocenters. The van der Waals surface area contributed by atoms with E-state index in [0.717, 1.165) is 6.07 Å². The SMILES string of the molecule is CCOc1cc(C=O)cc([N+](=O)[O-])c1O[C@H](C)C(=O)O. The molecule has 0 aliphatic heterocycles. The van der Waals surface area contributed by atoms with Crippen LogP contribution in [0.25, 0.3) is 0 Å². The van der Waals surface area contributed by atoms with Crippen molar-refractivity contribution in [3.05, 3.63) is 27.8 Å². The first-order valence-electron chi connectivity index (χ1n) is 5.70. The molecular formula is C12H13NO7. The quantitative estimate of drug-likeness (QED) is 0.459. The topological polar surface area (TPSA) is 116 Å². The monoisotopic (exact) mass is 283 g/mol. The summed E-state index contributed by atoms with van der Waals surface area (Å²) in [6.07, 6.45) is -0.866. The molecule has 20 heavy (non-hydrogen) atoms. The van der Waals surface area contributed by atoms with Crippen molar-refractivity contribution < 1.29 is 29.1 Å². The third-order valence-corrected chi connectivity index (χ3v) is 2.33. The zero-order valence-electron chi connectivity index (χ0n) is 10.9. The second kappa shape index (κ2) is 6.50. The van der Waals surface area contributed by atoms with Crippen LogP contribution >= 0.6 is 0 Å². The minimum Gasteiger partial charge on any atom is -0.490 e. The Kier molecular flexibility index (Phi) is 5.01. The summed E-state index contributed by atoms with van der Waals surface area (Å²) in [5, 5.41) is 19.8. The van der Waals surface area contributed by atoms with Gasteiger partial charge in [0.1, 0.15) is 6.29 Å². The summed E-state index contributed by atoms with van der Waals surface area (Å²) in [6, 6.07) is 2.26. The van der Waals surface area contributed by atoms with Crippen molar-refractivity contribution >= 4 is 17.9 Å². The van der Waals surface area contributed by atoms with Gasteiger partial charge in [-0.2, -0.15) is 0 Å². The lowest BCUT2D eigenvalue weighted by molar-refractivity contribution is -0.386. The lowest BCUT2D eigenvalue weighted by Crippen LogP contribution is -2.23. The van der Waals surface area contributed by atoms with Gasteiger partial charge in [-0.1, -0.05) is 0 Å². The molecule has 0 amide bonds. The van der Waals surface area contributed by atoms with Crippen molar-refractivity contribution in [3.63, 3.8) is 0 Å². The van der Waals surface area contributed by atoms with E-state index in [4.69, 9.17) is 14.6 Å². The highest BCUT2D eigenvalue weighted by atomic mass is 16.6. The molecule has 0 aromatic heterocycles. The standard InChI is InChI=1S/C12H13NO7/c1-3-19-10-5-8(6-14)4-9(13(17)18)11(10)20-7(2)12(15)16/h4-7H,3H2,1-2H3,(H,15,16)/t7-/m1/s1. The van der Waals surface area contributed by atoms with E-state index in [1.54, 1.807) is 6.92 Å². The number of aldehydes is 1. The van der Waals surface area contributed by atoms with Crippen LogP contribution in [0, 0.1) is 10.1 Å². The zero-order chi connectivity index (χ0) is 15.3. The number of benzene rings is 1. The minimum absolute atomic E-state index is 0.0375. The summed E-state index contributed by atoms with van der Waals surface area (Å²) >= 11 is 0. The number of hydrogen-bond donors (Lipinski definition) is 1. The lowest BCUT2D eigenvalue weighted by Gasteiger charge is -2.15. The number of carbonyl (C=O) groups excluding carboxylic acids is 1. The summed E-state index contributed by atoms with van der Waals surface area (Å²) in [5.74, 6) is -1.63. The van der Waals surface area contributed by atoms with Gasteiger partial charge in [-0.3, -0.25) is 14.9 Å². The number of carbonyl (C=O) groups is 2. The number of rotatable bonds is 7. The maximum atomic E-state index is 11.0. The van der Waals surface area contributed by atoms with Crippen molar-refractivity contribution in [2.45, 2.75) is 20.0 Å². The van der Waals surface area contributed by atoms with Crippen LogP contribution in [0.3, 0.4) is 0 Å². The first-order chi connectivity index (χ1) is 9.40. The fourth-order valence-corrected chi connectivity index (χ4v) is 1.42. The van der Waals surface area contributed by atoms with Crippen molar-refractivity contribution in [2.75, 3.05) is 6.61 Å². The van der Waals surface area contributed by atoms with Crippen LogP contribution in [0.15, 0.2) is 12.1 Å². The Morgan fingerprint density at radius 1 is 1.55 bits per heavy atom. The van der Waals surface area contributed by atoms with E-state index < -0.39 is 22.7 Å². The molecule has 108 valence electrons. The van der Waals surface area contributed by atoms with Gasteiger partial charge in [0, 0.05) is 11.6 Å². The average molecular weight is 283 g/mol. The predicted octanol–water partition coefficient (Wildman–Crippen LogP) is 1.66. The summed E-state index contributed by atoms with van der Waals surface area (Å²) in [6.45, 7) is 3.05. The molecular weight excluding hydrogens is 270 g/mol. The maximum Gasteiger partial charge on any atom is 0.344 e. The molecule has 8 heteroatoms. The Labute approximate surface area is 114 Å². The molecule has 8 nitrogen and oxygen atoms in total. The van der Waals surface area contributed by atoms with Gasteiger partial charge in [0.25, 0.3) is 0 Å². The number of ether oxygens (including phenoxy) is 2. The number of nitro groups is 1. The molecule has 0 heterocycles. The fraction of sp³-hybridized carbons (Fsp3) is 0.333. The van der Waals surface area contributed by atoms with Gasteiger partial charge in [0.2, 0.25) is 5.75 Å². The average Bonchev–Trinajstić information content (AvgIpc) is 2.39. The molecule has 0 spiro atoms. The molecule has 0 aliphatic rings. The van der Waals surface area contributed by atoms with Crippen LogP contribution in [0.1, 0.15) is 24.2 Å². The zero-order valence-corrected chi connectivity index (χ0v) is 10.9. The number of carboxylic acids is 1. The molecule has 1 N–H and O–H groups in total. The first kappa shape index (κ1) is 15.4. The molecule has 1 rings (SSSR count). The van der Waals surface area contributed by atoms with Gasteiger partial charge in [0.15, 0.2) is 11.9 Å². The second-order valence-corrected chi connectivity index (χ2v) is 3.77. The Hall–Kier alpha value is -2.64. The van der Waals surface area contributed by atoms with Crippen LogP contribution in [0.4, 0.5) is 5.69 Å². The molecule has 0 saturated heterocycles. The van der Waals surface area contributed by atoms with Crippen molar-refractivity contribution in [1.29, 1.82) is 0 Å². The van der Waals surface area contributed by atoms with Gasteiger partial charge in [-0.15, -0.1) is 0 Å². The minimum atomic E-state index is -1.30. The van der Waals surface area contributed by atoms with Gasteiger partial charge in [-0.05, 0) is 19.9 Å². The van der Waals surface area contributed by atoms with Crippen LogP contribution < -0.4 is 9.47 Å². The van der Waals surface area contributed by atoms with Gasteiger partial charge >= 0.3 is 11.7 Å². The number of nitro benzene ring substituents is 1.